The van der Waals surface area contributed by atoms with E-state index in [9.17, 15) is 13.2 Å². The van der Waals surface area contributed by atoms with E-state index in [1.165, 1.54) is 20.3 Å². The van der Waals surface area contributed by atoms with Crippen LogP contribution in [0, 0.1) is 11.8 Å². The van der Waals surface area contributed by atoms with Crippen molar-refractivity contribution in [3.8, 4) is 11.5 Å². The highest BCUT2D eigenvalue weighted by molar-refractivity contribution is 7.89. The number of benzene rings is 1. The predicted octanol–water partition coefficient (Wildman–Crippen LogP) is 1.73. The molecule has 2 atom stereocenters. The van der Waals surface area contributed by atoms with Crippen molar-refractivity contribution in [2.24, 2.45) is 11.8 Å². The number of rotatable bonds is 5. The third kappa shape index (κ3) is 3.29. The molecule has 1 amide bonds. The van der Waals surface area contributed by atoms with Crippen molar-refractivity contribution < 1.29 is 22.7 Å². The monoisotopic (exact) mass is 394 g/mol. The van der Waals surface area contributed by atoms with E-state index >= 15 is 0 Å². The molecule has 7 nitrogen and oxygen atoms in total. The summed E-state index contributed by atoms with van der Waals surface area (Å²) in [5, 5.41) is 0. The van der Waals surface area contributed by atoms with Gasteiger partial charge in [0, 0.05) is 37.7 Å². The van der Waals surface area contributed by atoms with E-state index in [-0.39, 0.29) is 28.7 Å². The Morgan fingerprint density at radius 3 is 2.48 bits per heavy atom. The van der Waals surface area contributed by atoms with Crippen LogP contribution < -0.4 is 9.47 Å². The molecule has 1 aromatic carbocycles. The van der Waals surface area contributed by atoms with Crippen LogP contribution in [0.2, 0.25) is 0 Å². The van der Waals surface area contributed by atoms with Crippen LogP contribution in [0.3, 0.4) is 0 Å². The number of sulfonamides is 1. The Morgan fingerprint density at radius 1 is 1.07 bits per heavy atom. The fraction of sp³-hybridized carbons (Fsp3) is 0.632. The molecule has 2 heterocycles. The van der Waals surface area contributed by atoms with E-state index in [0.29, 0.717) is 31.1 Å². The fourth-order valence-electron chi connectivity index (χ4n) is 4.32. The molecule has 0 aromatic heterocycles. The molecule has 0 radical (unpaired) electrons. The Hall–Kier alpha value is -1.80. The van der Waals surface area contributed by atoms with E-state index in [1.807, 2.05) is 4.90 Å². The molecule has 0 bridgehead atoms. The Labute approximate surface area is 160 Å². The lowest BCUT2D eigenvalue weighted by Crippen LogP contribution is -2.48. The van der Waals surface area contributed by atoms with Gasteiger partial charge >= 0.3 is 0 Å². The Balaban J connectivity index is 1.60. The number of methoxy groups -OCH3 is 2. The van der Waals surface area contributed by atoms with Crippen molar-refractivity contribution in [1.82, 2.24) is 9.21 Å². The van der Waals surface area contributed by atoms with Gasteiger partial charge in [-0.3, -0.25) is 4.79 Å². The van der Waals surface area contributed by atoms with Crippen LogP contribution >= 0.6 is 0 Å². The third-order valence-corrected chi connectivity index (χ3v) is 7.85. The Morgan fingerprint density at radius 2 is 1.81 bits per heavy atom. The lowest BCUT2D eigenvalue weighted by atomic mass is 9.94. The zero-order valence-corrected chi connectivity index (χ0v) is 16.6. The Bertz CT molecular complexity index is 837. The molecule has 3 fully saturated rings. The summed E-state index contributed by atoms with van der Waals surface area (Å²) in [6.07, 6.45) is 3.73. The molecule has 1 aliphatic carbocycles. The van der Waals surface area contributed by atoms with Crippen LogP contribution in [-0.2, 0) is 14.8 Å². The molecule has 148 valence electrons. The molecule has 2 aliphatic heterocycles. The van der Waals surface area contributed by atoms with Gasteiger partial charge in [0.15, 0.2) is 11.5 Å². The number of fused-ring (bicyclic) bond motifs is 1. The van der Waals surface area contributed by atoms with Gasteiger partial charge < -0.3 is 14.4 Å². The lowest BCUT2D eigenvalue weighted by Gasteiger charge is -2.35. The zero-order valence-electron chi connectivity index (χ0n) is 15.8. The number of carbonyl (C=O) groups is 1. The number of nitrogens with zero attached hydrogens (tertiary/aromatic N) is 2. The number of carbonyl (C=O) groups excluding carboxylic acids is 1. The minimum Gasteiger partial charge on any atom is -0.493 e. The first kappa shape index (κ1) is 18.6. The second-order valence-corrected chi connectivity index (χ2v) is 9.51. The summed E-state index contributed by atoms with van der Waals surface area (Å²) < 4.78 is 38.8. The van der Waals surface area contributed by atoms with Gasteiger partial charge in [0.05, 0.1) is 19.1 Å². The normalized spacial score (nSPS) is 25.9. The number of likely N-dealkylation sites (tertiary alicyclic amines) is 1. The summed E-state index contributed by atoms with van der Waals surface area (Å²) in [5.74, 6) is 1.48. The second-order valence-electron chi connectivity index (χ2n) is 7.62. The molecule has 27 heavy (non-hydrogen) atoms. The van der Waals surface area contributed by atoms with Crippen LogP contribution in [0.1, 0.15) is 25.7 Å². The third-order valence-electron chi connectivity index (χ3n) is 5.93. The van der Waals surface area contributed by atoms with Crippen molar-refractivity contribution in [3.63, 3.8) is 0 Å². The van der Waals surface area contributed by atoms with Crippen LogP contribution in [0.5, 0.6) is 11.5 Å². The first-order chi connectivity index (χ1) is 13.0. The number of hydrogen-bond acceptors (Lipinski definition) is 5. The van der Waals surface area contributed by atoms with E-state index in [0.717, 1.165) is 25.7 Å². The largest absolute Gasteiger partial charge is 0.493 e. The van der Waals surface area contributed by atoms with Crippen molar-refractivity contribution >= 4 is 15.9 Å². The van der Waals surface area contributed by atoms with E-state index in [1.54, 1.807) is 16.4 Å². The standard InChI is InChI=1S/C19H26N2O5S/c1-25-17-8-7-15(10-18(17)26-2)27(23,24)21-9-3-4-14-11-20(12-16(14)21)19(22)13-5-6-13/h7-8,10,13-14,16H,3-6,9,11-12H2,1-2H3/t14-,16+/m1/s1. The maximum Gasteiger partial charge on any atom is 0.243 e. The minimum atomic E-state index is -3.67. The minimum absolute atomic E-state index is 0.139. The SMILES string of the molecule is COc1ccc(S(=O)(=O)N2CCC[C@@H]3CN(C(=O)C4CC4)C[C@@H]32)cc1OC. The molecular weight excluding hydrogens is 368 g/mol. The van der Waals surface area contributed by atoms with E-state index < -0.39 is 10.0 Å². The number of hydrogen-bond donors (Lipinski definition) is 0. The summed E-state index contributed by atoms with van der Waals surface area (Å²) in [5.41, 5.74) is 0. The fourth-order valence-corrected chi connectivity index (χ4v) is 6.05. The van der Waals surface area contributed by atoms with Crippen molar-refractivity contribution in [3.05, 3.63) is 18.2 Å². The molecule has 0 unspecified atom stereocenters. The smallest absolute Gasteiger partial charge is 0.243 e. The zero-order chi connectivity index (χ0) is 19.2. The molecule has 1 aromatic rings. The average molecular weight is 394 g/mol. The highest BCUT2D eigenvalue weighted by Crippen LogP contribution is 2.39. The van der Waals surface area contributed by atoms with Gasteiger partial charge in [0.1, 0.15) is 0 Å². The first-order valence-electron chi connectivity index (χ1n) is 9.48. The highest BCUT2D eigenvalue weighted by atomic mass is 32.2. The summed E-state index contributed by atoms with van der Waals surface area (Å²) in [7, 11) is -0.659. The molecule has 0 N–H and O–H groups in total. The van der Waals surface area contributed by atoms with Crippen molar-refractivity contribution in [2.45, 2.75) is 36.6 Å². The number of ether oxygens (including phenoxy) is 2. The molecule has 8 heteroatoms. The van der Waals surface area contributed by atoms with Crippen LogP contribution in [-0.4, -0.2) is 63.4 Å². The van der Waals surface area contributed by atoms with Gasteiger partial charge in [-0.1, -0.05) is 0 Å². The second kappa shape index (κ2) is 6.98. The summed E-state index contributed by atoms with van der Waals surface area (Å²) in [4.78, 5) is 14.5. The van der Waals surface area contributed by atoms with Crippen molar-refractivity contribution in [2.75, 3.05) is 33.9 Å². The summed E-state index contributed by atoms with van der Waals surface area (Å²) >= 11 is 0. The van der Waals surface area contributed by atoms with Crippen LogP contribution in [0.25, 0.3) is 0 Å². The average Bonchev–Trinajstić information content (AvgIpc) is 3.44. The van der Waals surface area contributed by atoms with Crippen LogP contribution in [0.4, 0.5) is 0 Å². The van der Waals surface area contributed by atoms with Gasteiger partial charge in [0.25, 0.3) is 0 Å². The lowest BCUT2D eigenvalue weighted by molar-refractivity contribution is -0.131. The number of piperidine rings is 1. The maximum atomic E-state index is 13.3. The molecular formula is C19H26N2O5S. The van der Waals surface area contributed by atoms with Crippen LogP contribution in [0.15, 0.2) is 23.1 Å². The summed E-state index contributed by atoms with van der Waals surface area (Å²) in [6.45, 7) is 1.67. The number of amides is 1. The quantitative estimate of drug-likeness (QED) is 0.760. The topological polar surface area (TPSA) is 76.2 Å². The van der Waals surface area contributed by atoms with Gasteiger partial charge in [0.2, 0.25) is 15.9 Å². The van der Waals surface area contributed by atoms with Gasteiger partial charge in [-0.25, -0.2) is 8.42 Å². The molecule has 0 spiro atoms. The van der Waals surface area contributed by atoms with Gasteiger partial charge in [-0.2, -0.15) is 4.31 Å². The van der Waals surface area contributed by atoms with Crippen molar-refractivity contribution in [1.29, 1.82) is 0 Å². The molecule has 4 rings (SSSR count). The van der Waals surface area contributed by atoms with Gasteiger partial charge in [-0.15, -0.1) is 0 Å². The first-order valence-corrected chi connectivity index (χ1v) is 10.9. The van der Waals surface area contributed by atoms with E-state index in [2.05, 4.69) is 0 Å². The predicted molar refractivity (Wildman–Crippen MR) is 99.3 cm³/mol. The van der Waals surface area contributed by atoms with E-state index in [4.69, 9.17) is 9.47 Å². The molecule has 1 saturated carbocycles. The maximum absolute atomic E-state index is 13.3. The van der Waals surface area contributed by atoms with Gasteiger partial charge in [-0.05, 0) is 43.7 Å². The molecule has 3 aliphatic rings. The highest BCUT2D eigenvalue weighted by Gasteiger charge is 2.47. The Kier molecular flexibility index (Phi) is 4.80. The molecule has 2 saturated heterocycles. The summed E-state index contributed by atoms with van der Waals surface area (Å²) in [6, 6.07) is 4.55.